The normalized spacial score (nSPS) is 41.3. The van der Waals surface area contributed by atoms with Gasteiger partial charge < -0.3 is 18.6 Å². The summed E-state index contributed by atoms with van der Waals surface area (Å²) in [5.41, 5.74) is -2.22. The van der Waals surface area contributed by atoms with E-state index in [0.717, 1.165) is 11.1 Å². The summed E-state index contributed by atoms with van der Waals surface area (Å²) in [4.78, 5) is 26.3. The van der Waals surface area contributed by atoms with Gasteiger partial charge in [0.25, 0.3) is 0 Å². The number of oxime groups is 1. The summed E-state index contributed by atoms with van der Waals surface area (Å²) < 4.78 is 56.2. The summed E-state index contributed by atoms with van der Waals surface area (Å²) in [7, 11) is -4.27. The first-order valence-corrected chi connectivity index (χ1v) is 16.4. The van der Waals surface area contributed by atoms with Gasteiger partial charge in [-0.05, 0) is 69.6 Å². The Morgan fingerprint density at radius 3 is 2.39 bits per heavy atom. The number of cyclic esters (lactones) is 2. The number of epoxide rings is 1. The van der Waals surface area contributed by atoms with Gasteiger partial charge in [0.2, 0.25) is 0 Å². The number of carbonyl (C=O) groups excluding carboxylic acids is 2. The first kappa shape index (κ1) is 29.3. The predicted octanol–water partition coefficient (Wildman–Crippen LogP) is 5.43. The standard InChI is InChI=1S/C33H37NO9S/c1-19-7-9-21(10-8-19)44(37,38)43-34-24-17-23-29(2,3)41-25(35)12-14-30(23,4)22-11-15-31(5)26(20-13-16-39-18-20)40-28(36)27-33(31,42-27)32(22,24)6/h7-10,12-14,16,18,22-23,26-27H,11,15,17H2,1-6H3/b34-24+/t22-,23+,26+,27-,30-,31+,32+,33-/m1/s1. The Morgan fingerprint density at radius 2 is 1.70 bits per heavy atom. The molecule has 44 heavy (non-hydrogen) atoms. The number of hydrogen-bond acceptors (Lipinski definition) is 10. The zero-order valence-corrected chi connectivity index (χ0v) is 26.5. The highest BCUT2D eigenvalue weighted by atomic mass is 32.2. The van der Waals surface area contributed by atoms with Crippen molar-refractivity contribution < 1.29 is 40.9 Å². The van der Waals surface area contributed by atoms with Crippen LogP contribution in [0.2, 0.25) is 0 Å². The van der Waals surface area contributed by atoms with Crippen LogP contribution in [0.25, 0.3) is 0 Å². The summed E-state index contributed by atoms with van der Waals surface area (Å²) in [6, 6.07) is 8.14. The molecule has 2 saturated carbocycles. The van der Waals surface area contributed by atoms with Crippen LogP contribution in [0.5, 0.6) is 0 Å². The van der Waals surface area contributed by atoms with Gasteiger partial charge >= 0.3 is 22.1 Å². The van der Waals surface area contributed by atoms with Crippen molar-refractivity contribution in [2.24, 2.45) is 33.2 Å². The number of benzene rings is 1. The van der Waals surface area contributed by atoms with Crippen molar-refractivity contribution >= 4 is 27.8 Å². The van der Waals surface area contributed by atoms with E-state index in [-0.39, 0.29) is 23.2 Å². The molecule has 0 unspecified atom stereocenters. The van der Waals surface area contributed by atoms with Crippen LogP contribution in [0.4, 0.5) is 0 Å². The molecule has 4 fully saturated rings. The van der Waals surface area contributed by atoms with Crippen LogP contribution in [0.15, 0.2) is 69.5 Å². The maximum absolute atomic E-state index is 13.5. The molecule has 4 heterocycles. The van der Waals surface area contributed by atoms with E-state index in [1.54, 1.807) is 30.7 Å². The summed E-state index contributed by atoms with van der Waals surface area (Å²) >= 11 is 0. The van der Waals surface area contributed by atoms with Crippen LogP contribution >= 0.6 is 0 Å². The van der Waals surface area contributed by atoms with E-state index in [9.17, 15) is 18.0 Å². The van der Waals surface area contributed by atoms with Gasteiger partial charge in [-0.15, -0.1) is 0 Å². The van der Waals surface area contributed by atoms with Gasteiger partial charge in [-0.25, -0.2) is 9.59 Å². The highest BCUT2D eigenvalue weighted by Gasteiger charge is 2.87. The van der Waals surface area contributed by atoms with E-state index in [4.69, 9.17) is 22.9 Å². The van der Waals surface area contributed by atoms with Crippen LogP contribution in [0.1, 0.15) is 71.1 Å². The third-order valence-corrected chi connectivity index (χ3v) is 12.7. The Morgan fingerprint density at radius 1 is 0.977 bits per heavy atom. The van der Waals surface area contributed by atoms with Gasteiger partial charge in [0.1, 0.15) is 22.2 Å². The van der Waals surface area contributed by atoms with Gasteiger partial charge in [0.15, 0.2) is 6.10 Å². The van der Waals surface area contributed by atoms with Crippen molar-refractivity contribution in [3.63, 3.8) is 0 Å². The fraction of sp³-hybridized carbons (Fsp3) is 0.545. The van der Waals surface area contributed by atoms with Gasteiger partial charge in [0.05, 0.1) is 18.2 Å². The van der Waals surface area contributed by atoms with E-state index in [1.165, 1.54) is 18.2 Å². The number of rotatable bonds is 4. The molecule has 0 radical (unpaired) electrons. The molecule has 0 bridgehead atoms. The molecule has 2 saturated heterocycles. The highest BCUT2D eigenvalue weighted by molar-refractivity contribution is 7.86. The Balaban J connectivity index is 1.42. The topological polar surface area (TPSA) is 134 Å². The monoisotopic (exact) mass is 623 g/mol. The molecular weight excluding hydrogens is 586 g/mol. The first-order valence-electron chi connectivity index (χ1n) is 15.0. The molecule has 2 aromatic rings. The molecule has 8 atom stereocenters. The van der Waals surface area contributed by atoms with Crippen LogP contribution in [0.3, 0.4) is 0 Å². The third-order valence-electron chi connectivity index (χ3n) is 11.6. The number of nitrogens with zero attached hydrogens (tertiary/aromatic N) is 1. The third kappa shape index (κ3) is 3.68. The van der Waals surface area contributed by atoms with Crippen LogP contribution in [-0.4, -0.2) is 43.4 Å². The van der Waals surface area contributed by atoms with Crippen molar-refractivity contribution in [1.29, 1.82) is 0 Å². The molecule has 1 aromatic heterocycles. The molecule has 11 heteroatoms. The Hall–Kier alpha value is -3.44. The number of hydrogen-bond donors (Lipinski definition) is 0. The predicted molar refractivity (Wildman–Crippen MR) is 156 cm³/mol. The fourth-order valence-electron chi connectivity index (χ4n) is 9.49. The first-order chi connectivity index (χ1) is 20.6. The molecule has 7 rings (SSSR count). The van der Waals surface area contributed by atoms with E-state index < -0.39 is 61.7 Å². The molecule has 10 nitrogen and oxygen atoms in total. The number of ether oxygens (including phenoxy) is 3. The number of aryl methyl sites for hydroxylation is 1. The van der Waals surface area contributed by atoms with E-state index in [0.29, 0.717) is 18.6 Å². The minimum atomic E-state index is -4.27. The Bertz CT molecular complexity index is 1710. The quantitative estimate of drug-likeness (QED) is 0.248. The molecule has 0 amide bonds. The molecule has 3 aliphatic heterocycles. The zero-order chi connectivity index (χ0) is 31.5. The maximum Gasteiger partial charge on any atom is 0.358 e. The Labute approximate surface area is 256 Å². The van der Waals surface area contributed by atoms with Gasteiger partial charge in [-0.3, -0.25) is 4.28 Å². The molecule has 2 aliphatic carbocycles. The molecule has 0 N–H and O–H groups in total. The second kappa shape index (κ2) is 9.06. The molecule has 1 aromatic carbocycles. The number of furan rings is 1. The van der Waals surface area contributed by atoms with Crippen molar-refractivity contribution in [2.75, 3.05) is 0 Å². The number of fused-ring (bicyclic) bond motifs is 3. The lowest BCUT2D eigenvalue weighted by Gasteiger charge is -2.65. The average Bonchev–Trinajstić information content (AvgIpc) is 3.55. The lowest BCUT2D eigenvalue weighted by molar-refractivity contribution is -0.195. The van der Waals surface area contributed by atoms with Crippen molar-refractivity contribution in [2.45, 2.75) is 89.1 Å². The minimum absolute atomic E-state index is 0.0186. The lowest BCUT2D eigenvalue weighted by Crippen LogP contribution is -2.71. The SMILES string of the molecule is Cc1ccc(S(=O)(=O)O/N=C2\C[C@H]3C(C)(C)OC(=O)C=C[C@]3(C)[C@H]3CC[C@@]4(C)[C@H](c5ccoc5)OC(=O)[C@H]5O[C@]54[C@]23C)cc1. The van der Waals surface area contributed by atoms with Crippen molar-refractivity contribution in [3.05, 3.63) is 66.1 Å². The molecule has 1 spiro atoms. The van der Waals surface area contributed by atoms with Crippen LogP contribution < -0.4 is 0 Å². The molecular formula is C33H37NO9S. The smallest absolute Gasteiger partial charge is 0.358 e. The number of carbonyl (C=O) groups is 2. The van der Waals surface area contributed by atoms with E-state index in [2.05, 4.69) is 19.0 Å². The van der Waals surface area contributed by atoms with Crippen molar-refractivity contribution in [3.8, 4) is 0 Å². The highest BCUT2D eigenvalue weighted by Crippen LogP contribution is 2.78. The summed E-state index contributed by atoms with van der Waals surface area (Å²) in [5.74, 6) is -1.43. The molecule has 5 aliphatic rings. The lowest BCUT2D eigenvalue weighted by atomic mass is 9.37. The summed E-state index contributed by atoms with van der Waals surface area (Å²) in [5, 5.41) is 4.47. The van der Waals surface area contributed by atoms with E-state index in [1.807, 2.05) is 33.8 Å². The van der Waals surface area contributed by atoms with Crippen molar-refractivity contribution in [1.82, 2.24) is 0 Å². The van der Waals surface area contributed by atoms with Gasteiger partial charge in [-0.1, -0.05) is 49.7 Å². The summed E-state index contributed by atoms with van der Waals surface area (Å²) in [6.07, 6.45) is 6.56. The zero-order valence-electron chi connectivity index (χ0n) is 25.7. The second-order valence-corrected chi connectivity index (χ2v) is 15.7. The molecule has 234 valence electrons. The largest absolute Gasteiger partial charge is 0.472 e. The number of allylic oxidation sites excluding steroid dienone is 1. The van der Waals surface area contributed by atoms with Crippen LogP contribution in [0, 0.1) is 35.0 Å². The van der Waals surface area contributed by atoms with E-state index >= 15 is 0 Å². The minimum Gasteiger partial charge on any atom is -0.472 e. The number of esters is 2. The summed E-state index contributed by atoms with van der Waals surface area (Å²) in [6.45, 7) is 11.8. The fourth-order valence-corrected chi connectivity index (χ4v) is 10.2. The average molecular weight is 624 g/mol. The second-order valence-electron chi connectivity index (χ2n) is 14.2. The van der Waals surface area contributed by atoms with Crippen LogP contribution in [-0.2, 0) is 38.2 Å². The van der Waals surface area contributed by atoms with Gasteiger partial charge in [0, 0.05) is 28.4 Å². The van der Waals surface area contributed by atoms with Gasteiger partial charge in [-0.2, -0.15) is 8.42 Å². The Kier molecular flexibility index (Phi) is 6.03. The maximum atomic E-state index is 13.5.